The van der Waals surface area contributed by atoms with E-state index in [9.17, 15) is 0 Å². The Morgan fingerprint density at radius 3 is 1.03 bits per heavy atom. The van der Waals surface area contributed by atoms with Crippen molar-refractivity contribution < 1.29 is 0 Å². The number of nitrogen functional groups attached to an aromatic ring is 1. The third kappa shape index (κ3) is 4.21. The SMILES string of the molecule is Nc1c(C(c2ccccn2)c2ccccn2)cccc1C(c1ccccn1)c1ccccn1. The Morgan fingerprint density at radius 2 is 0.758 bits per heavy atom. The highest BCUT2D eigenvalue weighted by molar-refractivity contribution is 5.62. The van der Waals surface area contributed by atoms with Gasteiger partial charge in [-0.15, -0.1) is 0 Å². The van der Waals surface area contributed by atoms with Crippen LogP contribution in [0.4, 0.5) is 5.69 Å². The molecule has 4 aromatic heterocycles. The molecule has 0 bridgehead atoms. The number of benzene rings is 1. The van der Waals surface area contributed by atoms with Crippen LogP contribution in [0.15, 0.2) is 116 Å². The summed E-state index contributed by atoms with van der Waals surface area (Å²) in [6.45, 7) is 0. The molecule has 0 unspecified atom stereocenters. The fourth-order valence-electron chi connectivity index (χ4n) is 4.23. The molecule has 0 amide bonds. The lowest BCUT2D eigenvalue weighted by molar-refractivity contribution is 0.854. The number of pyridine rings is 4. The van der Waals surface area contributed by atoms with Gasteiger partial charge in [0.05, 0.1) is 34.6 Å². The van der Waals surface area contributed by atoms with E-state index in [1.54, 1.807) is 24.8 Å². The normalized spacial score (nSPS) is 11.1. The summed E-state index contributed by atoms with van der Waals surface area (Å²) in [6, 6.07) is 29.8. The quantitative estimate of drug-likeness (QED) is 0.375. The van der Waals surface area contributed by atoms with Gasteiger partial charge in [-0.3, -0.25) is 19.9 Å². The van der Waals surface area contributed by atoms with E-state index in [1.165, 1.54) is 0 Å². The highest BCUT2D eigenvalue weighted by Crippen LogP contribution is 2.39. The molecule has 5 aromatic rings. The molecule has 0 spiro atoms. The molecule has 0 atom stereocenters. The number of para-hydroxylation sites is 1. The molecule has 160 valence electrons. The van der Waals surface area contributed by atoms with Crippen molar-refractivity contribution in [1.82, 2.24) is 19.9 Å². The standard InChI is InChI=1S/C28H23N5/c29-28-20(26(22-12-1-5-16-30-22)23-13-2-6-17-31-23)10-9-11-21(28)27(24-14-3-7-18-32-24)25-15-4-8-19-33-25/h1-19,26-27H,29H2. The van der Waals surface area contributed by atoms with E-state index >= 15 is 0 Å². The van der Waals surface area contributed by atoms with Gasteiger partial charge in [0.25, 0.3) is 0 Å². The molecule has 0 fully saturated rings. The first-order valence-corrected chi connectivity index (χ1v) is 10.8. The Balaban J connectivity index is 1.70. The molecule has 5 nitrogen and oxygen atoms in total. The lowest BCUT2D eigenvalue weighted by Crippen LogP contribution is -2.14. The van der Waals surface area contributed by atoms with E-state index in [4.69, 9.17) is 5.73 Å². The first-order chi connectivity index (χ1) is 16.3. The molecular weight excluding hydrogens is 406 g/mol. The van der Waals surface area contributed by atoms with Crippen LogP contribution in [0, 0.1) is 0 Å². The molecule has 1 aromatic carbocycles. The molecule has 0 aliphatic heterocycles. The first kappa shape index (κ1) is 20.5. The van der Waals surface area contributed by atoms with E-state index in [-0.39, 0.29) is 11.8 Å². The maximum absolute atomic E-state index is 6.92. The van der Waals surface area contributed by atoms with Gasteiger partial charge in [0.1, 0.15) is 0 Å². The molecule has 2 N–H and O–H groups in total. The Bertz CT molecular complexity index is 1130. The van der Waals surface area contributed by atoms with E-state index in [0.29, 0.717) is 5.69 Å². The van der Waals surface area contributed by atoms with Crippen LogP contribution < -0.4 is 5.73 Å². The van der Waals surface area contributed by atoms with E-state index < -0.39 is 0 Å². The van der Waals surface area contributed by atoms with Crippen LogP contribution in [0.1, 0.15) is 45.7 Å². The van der Waals surface area contributed by atoms with Crippen molar-refractivity contribution in [1.29, 1.82) is 0 Å². The van der Waals surface area contributed by atoms with Gasteiger partial charge in [0, 0.05) is 30.5 Å². The van der Waals surface area contributed by atoms with Crippen LogP contribution in [-0.2, 0) is 0 Å². The number of nitrogens with zero attached hydrogens (tertiary/aromatic N) is 4. The number of anilines is 1. The molecular formula is C28H23N5. The van der Waals surface area contributed by atoms with Crippen molar-refractivity contribution in [3.63, 3.8) is 0 Å². The highest BCUT2D eigenvalue weighted by atomic mass is 14.8. The molecule has 33 heavy (non-hydrogen) atoms. The van der Waals surface area contributed by atoms with Crippen LogP contribution in [0.3, 0.4) is 0 Å². The molecule has 0 radical (unpaired) electrons. The Hall–Kier alpha value is -4.38. The van der Waals surface area contributed by atoms with Gasteiger partial charge in [-0.05, 0) is 59.7 Å². The Kier molecular flexibility index (Phi) is 5.85. The maximum Gasteiger partial charge on any atom is 0.0705 e. The minimum atomic E-state index is -0.194. The van der Waals surface area contributed by atoms with Crippen LogP contribution in [0.5, 0.6) is 0 Å². The van der Waals surface area contributed by atoms with Crippen molar-refractivity contribution in [2.24, 2.45) is 0 Å². The van der Waals surface area contributed by atoms with Crippen LogP contribution >= 0.6 is 0 Å². The number of rotatable bonds is 6. The number of hydrogen-bond donors (Lipinski definition) is 1. The number of aromatic nitrogens is 4. The predicted octanol–water partition coefficient (Wildman–Crippen LogP) is 5.21. The van der Waals surface area contributed by atoms with Crippen molar-refractivity contribution in [3.05, 3.63) is 150 Å². The van der Waals surface area contributed by atoms with Crippen molar-refractivity contribution >= 4 is 5.69 Å². The second-order valence-corrected chi connectivity index (χ2v) is 7.73. The van der Waals surface area contributed by atoms with E-state index in [1.807, 2.05) is 78.9 Å². The molecule has 0 aliphatic rings. The summed E-state index contributed by atoms with van der Waals surface area (Å²) in [5, 5.41) is 0. The first-order valence-electron chi connectivity index (χ1n) is 10.8. The largest absolute Gasteiger partial charge is 0.398 e. The maximum atomic E-state index is 6.92. The van der Waals surface area contributed by atoms with Crippen LogP contribution in [0.2, 0.25) is 0 Å². The summed E-state index contributed by atoms with van der Waals surface area (Å²) >= 11 is 0. The zero-order valence-electron chi connectivity index (χ0n) is 18.0. The van der Waals surface area contributed by atoms with Gasteiger partial charge in [-0.2, -0.15) is 0 Å². The van der Waals surface area contributed by atoms with Gasteiger partial charge in [0.2, 0.25) is 0 Å². The predicted molar refractivity (Wildman–Crippen MR) is 130 cm³/mol. The molecule has 0 saturated heterocycles. The van der Waals surface area contributed by atoms with E-state index in [0.717, 1.165) is 33.9 Å². The minimum absolute atomic E-state index is 0.194. The topological polar surface area (TPSA) is 77.6 Å². The molecule has 5 rings (SSSR count). The molecule has 4 heterocycles. The highest BCUT2D eigenvalue weighted by Gasteiger charge is 2.27. The monoisotopic (exact) mass is 429 g/mol. The summed E-state index contributed by atoms with van der Waals surface area (Å²) in [4.78, 5) is 18.6. The van der Waals surface area contributed by atoms with Crippen LogP contribution in [0.25, 0.3) is 0 Å². The Morgan fingerprint density at radius 1 is 0.424 bits per heavy atom. The van der Waals surface area contributed by atoms with Crippen LogP contribution in [-0.4, -0.2) is 19.9 Å². The summed E-state index contributed by atoms with van der Waals surface area (Å²) in [5.41, 5.74) is 13.1. The fraction of sp³-hybridized carbons (Fsp3) is 0.0714. The summed E-state index contributed by atoms with van der Waals surface area (Å²) in [6.07, 6.45) is 7.21. The third-order valence-electron chi connectivity index (χ3n) is 5.73. The van der Waals surface area contributed by atoms with Gasteiger partial charge in [-0.25, -0.2) is 0 Å². The van der Waals surface area contributed by atoms with Crippen molar-refractivity contribution in [3.8, 4) is 0 Å². The Labute approximate surface area is 193 Å². The lowest BCUT2D eigenvalue weighted by atomic mass is 9.84. The zero-order chi connectivity index (χ0) is 22.5. The summed E-state index contributed by atoms with van der Waals surface area (Å²) < 4.78 is 0. The van der Waals surface area contributed by atoms with Crippen molar-refractivity contribution in [2.75, 3.05) is 5.73 Å². The van der Waals surface area contributed by atoms with Gasteiger partial charge < -0.3 is 5.73 Å². The third-order valence-corrected chi connectivity index (χ3v) is 5.73. The molecule has 5 heteroatoms. The van der Waals surface area contributed by atoms with E-state index in [2.05, 4.69) is 32.1 Å². The average Bonchev–Trinajstić information content (AvgIpc) is 2.89. The fourth-order valence-corrected chi connectivity index (χ4v) is 4.23. The summed E-state index contributed by atoms with van der Waals surface area (Å²) in [7, 11) is 0. The van der Waals surface area contributed by atoms with Gasteiger partial charge in [0.15, 0.2) is 0 Å². The number of nitrogens with two attached hydrogens (primary N) is 1. The van der Waals surface area contributed by atoms with Crippen molar-refractivity contribution in [2.45, 2.75) is 11.8 Å². The lowest BCUT2D eigenvalue weighted by Gasteiger charge is -2.24. The second-order valence-electron chi connectivity index (χ2n) is 7.73. The van der Waals surface area contributed by atoms with Gasteiger partial charge >= 0.3 is 0 Å². The molecule has 0 aliphatic carbocycles. The smallest absolute Gasteiger partial charge is 0.0705 e. The molecule has 0 saturated carbocycles. The second kappa shape index (κ2) is 9.40. The minimum Gasteiger partial charge on any atom is -0.398 e. The number of hydrogen-bond acceptors (Lipinski definition) is 5. The average molecular weight is 430 g/mol. The summed E-state index contributed by atoms with van der Waals surface area (Å²) in [5.74, 6) is -0.388. The van der Waals surface area contributed by atoms with Gasteiger partial charge in [-0.1, -0.05) is 42.5 Å². The zero-order valence-corrected chi connectivity index (χ0v) is 18.0.